The van der Waals surface area contributed by atoms with E-state index in [1.165, 1.54) is 0 Å². The lowest BCUT2D eigenvalue weighted by atomic mass is 9.92. The predicted molar refractivity (Wildman–Crippen MR) is 57.4 cm³/mol. The molecule has 1 heterocycles. The van der Waals surface area contributed by atoms with Gasteiger partial charge in [-0.15, -0.1) is 0 Å². The number of hydrogen-bond acceptors (Lipinski definition) is 2. The molecule has 3 nitrogen and oxygen atoms in total. The van der Waals surface area contributed by atoms with Crippen LogP contribution in [0.2, 0.25) is 0 Å². The first kappa shape index (κ1) is 11.1. The third-order valence-corrected chi connectivity index (χ3v) is 2.00. The van der Waals surface area contributed by atoms with Gasteiger partial charge in [-0.1, -0.05) is 34.6 Å². The summed E-state index contributed by atoms with van der Waals surface area (Å²) in [6.45, 7) is 11.3. The van der Waals surface area contributed by atoms with Crippen LogP contribution in [0.3, 0.4) is 0 Å². The molecular weight excluding hydrogens is 176 g/mol. The van der Waals surface area contributed by atoms with Gasteiger partial charge in [-0.3, -0.25) is 4.68 Å². The van der Waals surface area contributed by atoms with Gasteiger partial charge in [0.05, 0.1) is 6.20 Å². The standard InChI is InChI=1S/C11H20N2O/c1-8(2)6-13-7-9(14)10(12-13)11(3,4)5/h7-8,14H,6H2,1-5H3. The van der Waals surface area contributed by atoms with Crippen molar-refractivity contribution < 1.29 is 5.11 Å². The van der Waals surface area contributed by atoms with E-state index in [2.05, 4.69) is 39.7 Å². The summed E-state index contributed by atoms with van der Waals surface area (Å²) < 4.78 is 1.82. The van der Waals surface area contributed by atoms with Crippen molar-refractivity contribution in [3.05, 3.63) is 11.9 Å². The van der Waals surface area contributed by atoms with Crippen molar-refractivity contribution in [1.82, 2.24) is 9.78 Å². The zero-order valence-corrected chi connectivity index (χ0v) is 9.70. The molecule has 0 atom stereocenters. The van der Waals surface area contributed by atoms with Gasteiger partial charge in [0.1, 0.15) is 5.69 Å². The summed E-state index contributed by atoms with van der Waals surface area (Å²) in [5.41, 5.74) is 0.685. The molecule has 1 aromatic heterocycles. The number of nitrogens with zero attached hydrogens (tertiary/aromatic N) is 2. The molecule has 0 aliphatic carbocycles. The molecule has 0 radical (unpaired) electrons. The Morgan fingerprint density at radius 2 is 2.00 bits per heavy atom. The van der Waals surface area contributed by atoms with E-state index in [9.17, 15) is 5.11 Å². The van der Waals surface area contributed by atoms with Crippen LogP contribution in [0.15, 0.2) is 6.20 Å². The van der Waals surface area contributed by atoms with Gasteiger partial charge in [-0.2, -0.15) is 5.10 Å². The van der Waals surface area contributed by atoms with E-state index in [-0.39, 0.29) is 5.41 Å². The van der Waals surface area contributed by atoms with Gasteiger partial charge in [0, 0.05) is 12.0 Å². The van der Waals surface area contributed by atoms with Crippen LogP contribution in [0.1, 0.15) is 40.3 Å². The normalized spacial score (nSPS) is 12.4. The van der Waals surface area contributed by atoms with Crippen molar-refractivity contribution >= 4 is 0 Å². The Labute approximate surface area is 85.8 Å². The van der Waals surface area contributed by atoms with E-state index in [0.29, 0.717) is 11.7 Å². The molecule has 1 rings (SSSR count). The van der Waals surface area contributed by atoms with Gasteiger partial charge in [0.25, 0.3) is 0 Å². The highest BCUT2D eigenvalue weighted by atomic mass is 16.3. The molecule has 0 aromatic carbocycles. The highest BCUT2D eigenvalue weighted by Crippen LogP contribution is 2.28. The van der Waals surface area contributed by atoms with Gasteiger partial charge < -0.3 is 5.11 Å². The lowest BCUT2D eigenvalue weighted by Crippen LogP contribution is -2.14. The van der Waals surface area contributed by atoms with Gasteiger partial charge in [0.15, 0.2) is 5.75 Å². The van der Waals surface area contributed by atoms with Crippen LogP contribution in [-0.2, 0) is 12.0 Å². The summed E-state index contributed by atoms with van der Waals surface area (Å²) in [7, 11) is 0. The smallest absolute Gasteiger partial charge is 0.157 e. The molecule has 1 aromatic rings. The number of aromatic hydroxyl groups is 1. The maximum atomic E-state index is 9.70. The molecule has 0 unspecified atom stereocenters. The maximum Gasteiger partial charge on any atom is 0.157 e. The van der Waals surface area contributed by atoms with E-state index in [1.54, 1.807) is 6.20 Å². The van der Waals surface area contributed by atoms with Crippen LogP contribution in [0, 0.1) is 5.92 Å². The van der Waals surface area contributed by atoms with Crippen LogP contribution in [0.5, 0.6) is 5.75 Å². The lowest BCUT2D eigenvalue weighted by Gasteiger charge is -2.15. The molecule has 0 amide bonds. The minimum Gasteiger partial charge on any atom is -0.504 e. The number of rotatable bonds is 2. The summed E-state index contributed by atoms with van der Waals surface area (Å²) in [4.78, 5) is 0. The van der Waals surface area contributed by atoms with E-state index in [0.717, 1.165) is 12.2 Å². The third-order valence-electron chi connectivity index (χ3n) is 2.00. The molecule has 80 valence electrons. The van der Waals surface area contributed by atoms with Crippen LogP contribution < -0.4 is 0 Å². The van der Waals surface area contributed by atoms with Gasteiger partial charge in [-0.25, -0.2) is 0 Å². The Balaban J connectivity index is 2.94. The summed E-state index contributed by atoms with van der Waals surface area (Å²) in [5, 5.41) is 14.1. The molecule has 3 heteroatoms. The molecule has 0 saturated heterocycles. The largest absolute Gasteiger partial charge is 0.504 e. The monoisotopic (exact) mass is 196 g/mol. The average Bonchev–Trinajstić information content (AvgIpc) is 2.27. The first-order valence-electron chi connectivity index (χ1n) is 5.07. The van der Waals surface area contributed by atoms with Crippen molar-refractivity contribution in [3.63, 3.8) is 0 Å². The van der Waals surface area contributed by atoms with Crippen LogP contribution in [-0.4, -0.2) is 14.9 Å². The first-order valence-corrected chi connectivity index (χ1v) is 5.07. The van der Waals surface area contributed by atoms with Crippen molar-refractivity contribution in [2.75, 3.05) is 0 Å². The van der Waals surface area contributed by atoms with Crippen LogP contribution in [0.4, 0.5) is 0 Å². The second-order valence-electron chi connectivity index (χ2n) is 5.23. The van der Waals surface area contributed by atoms with Crippen molar-refractivity contribution in [3.8, 4) is 5.75 Å². The Morgan fingerprint density at radius 3 is 2.36 bits per heavy atom. The highest BCUT2D eigenvalue weighted by molar-refractivity contribution is 5.28. The molecule has 0 bridgehead atoms. The summed E-state index contributed by atoms with van der Waals surface area (Å²) >= 11 is 0. The fraction of sp³-hybridized carbons (Fsp3) is 0.727. The van der Waals surface area contributed by atoms with Crippen molar-refractivity contribution in [2.24, 2.45) is 5.92 Å². The highest BCUT2D eigenvalue weighted by Gasteiger charge is 2.22. The van der Waals surface area contributed by atoms with Gasteiger partial charge in [-0.05, 0) is 5.92 Å². The Bertz CT molecular complexity index is 308. The van der Waals surface area contributed by atoms with E-state index in [1.807, 2.05) is 4.68 Å². The van der Waals surface area contributed by atoms with E-state index >= 15 is 0 Å². The number of aromatic nitrogens is 2. The van der Waals surface area contributed by atoms with Crippen molar-refractivity contribution in [1.29, 1.82) is 0 Å². The maximum absolute atomic E-state index is 9.70. The summed E-state index contributed by atoms with van der Waals surface area (Å²) in [6, 6.07) is 0. The Morgan fingerprint density at radius 1 is 1.43 bits per heavy atom. The Kier molecular flexibility index (Phi) is 2.88. The van der Waals surface area contributed by atoms with Gasteiger partial charge in [0.2, 0.25) is 0 Å². The van der Waals surface area contributed by atoms with Gasteiger partial charge >= 0.3 is 0 Å². The van der Waals surface area contributed by atoms with E-state index < -0.39 is 0 Å². The summed E-state index contributed by atoms with van der Waals surface area (Å²) in [5.74, 6) is 0.847. The van der Waals surface area contributed by atoms with Crippen LogP contribution in [0.25, 0.3) is 0 Å². The first-order chi connectivity index (χ1) is 6.30. The van der Waals surface area contributed by atoms with E-state index in [4.69, 9.17) is 0 Å². The molecular formula is C11H20N2O. The van der Waals surface area contributed by atoms with Crippen LogP contribution >= 0.6 is 0 Å². The molecule has 0 aliphatic rings. The SMILES string of the molecule is CC(C)Cn1cc(O)c(C(C)(C)C)n1. The Hall–Kier alpha value is -0.990. The molecule has 0 spiro atoms. The fourth-order valence-corrected chi connectivity index (χ4v) is 1.41. The number of hydrogen-bond donors (Lipinski definition) is 1. The minimum atomic E-state index is -0.0910. The molecule has 0 aliphatic heterocycles. The molecule has 14 heavy (non-hydrogen) atoms. The minimum absolute atomic E-state index is 0.0910. The second kappa shape index (κ2) is 3.64. The second-order valence-corrected chi connectivity index (χ2v) is 5.23. The lowest BCUT2D eigenvalue weighted by molar-refractivity contribution is 0.443. The van der Waals surface area contributed by atoms with Crippen molar-refractivity contribution in [2.45, 2.75) is 46.6 Å². The topological polar surface area (TPSA) is 38.0 Å². The quantitative estimate of drug-likeness (QED) is 0.789. The average molecular weight is 196 g/mol. The predicted octanol–water partition coefficient (Wildman–Crippen LogP) is 2.54. The molecule has 1 N–H and O–H groups in total. The fourth-order valence-electron chi connectivity index (χ4n) is 1.41. The zero-order chi connectivity index (χ0) is 10.9. The third kappa shape index (κ3) is 2.50. The summed E-state index contributed by atoms with van der Waals surface area (Å²) in [6.07, 6.45) is 1.71. The zero-order valence-electron chi connectivity index (χ0n) is 9.70. The molecule has 0 fully saturated rings. The molecule has 0 saturated carbocycles.